The zero-order chi connectivity index (χ0) is 30.8. The summed E-state index contributed by atoms with van der Waals surface area (Å²) in [6.45, 7) is 2.81. The number of nitrogens with zero attached hydrogens (tertiary/aromatic N) is 4. The molecule has 0 fully saturated rings. The second-order valence-electron chi connectivity index (χ2n) is 9.16. The Morgan fingerprint density at radius 1 is 0.548 bits per heavy atom. The molecule has 0 atom stereocenters. The molecule has 0 aromatic carbocycles. The third-order valence-electron chi connectivity index (χ3n) is 5.91. The Hall–Kier alpha value is -3.29. The van der Waals surface area contributed by atoms with Gasteiger partial charge in [-0.2, -0.15) is 52.7 Å². The molecule has 0 spiro atoms. The van der Waals surface area contributed by atoms with Gasteiger partial charge in [0, 0.05) is 28.2 Å². The molecule has 42 heavy (non-hydrogen) atoms. The fourth-order valence-corrected chi connectivity index (χ4v) is 3.82. The summed E-state index contributed by atoms with van der Waals surface area (Å²) in [6.07, 6.45) is -17.5. The Bertz CT molecular complexity index is 1460. The molecule has 4 nitrogen and oxygen atoms in total. The van der Waals surface area contributed by atoms with E-state index in [0.717, 1.165) is 12.1 Å². The van der Waals surface area contributed by atoms with Crippen LogP contribution in [-0.4, -0.2) is 19.1 Å². The van der Waals surface area contributed by atoms with Crippen molar-refractivity contribution >= 4 is 0 Å². The van der Waals surface area contributed by atoms with Crippen molar-refractivity contribution in [2.45, 2.75) is 44.0 Å². The predicted octanol–water partition coefficient (Wildman–Crippen LogP) is 8.06. The first-order valence-corrected chi connectivity index (χ1v) is 11.1. The minimum Gasteiger partial charge on any atom is -0.425 e. The Morgan fingerprint density at radius 3 is 1.17 bits per heavy atom. The molecule has 0 N–H and O–H groups in total. The van der Waals surface area contributed by atoms with Gasteiger partial charge in [0.2, 0.25) is 0 Å². The van der Waals surface area contributed by atoms with E-state index in [2.05, 4.69) is 9.97 Å². The molecule has 0 saturated heterocycles. The molecule has 4 aromatic heterocycles. The minimum atomic E-state index is -5.22. The average molecular weight is 793 g/mol. The van der Waals surface area contributed by atoms with E-state index in [1.165, 1.54) is 38.1 Å². The van der Waals surface area contributed by atoms with Gasteiger partial charge in [-0.05, 0) is 37.1 Å². The summed E-state index contributed by atoms with van der Waals surface area (Å²) in [5, 5.41) is 0. The van der Waals surface area contributed by atoms with Gasteiger partial charge >= 0.3 is 45.8 Å². The molecule has 0 aliphatic rings. The Labute approximate surface area is 243 Å². The van der Waals surface area contributed by atoms with Crippen molar-refractivity contribution in [3.8, 4) is 11.6 Å². The summed E-state index contributed by atoms with van der Waals surface area (Å²) in [4.78, 5) is 8.07. The van der Waals surface area contributed by atoms with Crippen molar-refractivity contribution in [1.29, 1.82) is 0 Å². The molecule has 4 rings (SSSR count). The molecule has 0 bridgehead atoms. The van der Waals surface area contributed by atoms with Gasteiger partial charge in [-0.25, -0.2) is 0 Å². The minimum absolute atomic E-state index is 0. The number of pyridine rings is 2. The van der Waals surface area contributed by atoms with Crippen LogP contribution in [0.3, 0.4) is 0 Å². The third-order valence-corrected chi connectivity index (χ3v) is 5.91. The predicted molar refractivity (Wildman–Crippen MR) is 117 cm³/mol. The Balaban J connectivity index is 0.00000484. The molecule has 228 valence electrons. The van der Waals surface area contributed by atoms with Crippen molar-refractivity contribution in [3.05, 3.63) is 94.8 Å². The van der Waals surface area contributed by atoms with Crippen LogP contribution in [0.25, 0.3) is 11.6 Å². The van der Waals surface area contributed by atoms with E-state index in [4.69, 9.17) is 0 Å². The monoisotopic (exact) mass is 793 g/mol. The Kier molecular flexibility index (Phi) is 8.51. The maximum Gasteiger partial charge on any atom is 2.00 e. The largest absolute Gasteiger partial charge is 2.00 e. The summed E-state index contributed by atoms with van der Waals surface area (Å²) in [5.41, 5.74) is -8.41. The van der Waals surface area contributed by atoms with E-state index >= 15 is 0 Å². The maximum absolute atomic E-state index is 13.5. The first kappa shape index (κ1) is 33.2. The van der Waals surface area contributed by atoms with Crippen LogP contribution < -0.4 is 0 Å². The third kappa shape index (κ3) is 6.52. The molecular weight excluding hydrogens is 779 g/mol. The van der Waals surface area contributed by atoms with Crippen LogP contribution >= 0.6 is 0 Å². The second kappa shape index (κ2) is 10.8. The smallest absolute Gasteiger partial charge is 0.425 e. The zero-order valence-electron chi connectivity index (χ0n) is 20.8. The fourth-order valence-electron chi connectivity index (χ4n) is 3.82. The van der Waals surface area contributed by atoms with E-state index < -0.39 is 64.3 Å². The van der Waals surface area contributed by atoms with Gasteiger partial charge in [0.05, 0.1) is 11.6 Å². The summed E-state index contributed by atoms with van der Waals surface area (Å²) in [5.74, 6) is -1.22. The quantitative estimate of drug-likeness (QED) is 0.155. The molecule has 4 heterocycles. The summed E-state index contributed by atoms with van der Waals surface area (Å²) >= 11 is 0. The molecule has 4 aromatic rings. The van der Waals surface area contributed by atoms with Crippen LogP contribution in [-0.2, 0) is 51.2 Å². The van der Waals surface area contributed by atoms with Gasteiger partial charge in [-0.15, -0.1) is 12.1 Å². The van der Waals surface area contributed by atoms with Crippen molar-refractivity contribution in [2.75, 3.05) is 0 Å². The van der Waals surface area contributed by atoms with Gasteiger partial charge in [-0.3, -0.25) is 9.97 Å². The fraction of sp³-hybridized carbons (Fsp3) is 0.280. The molecule has 0 aliphatic carbocycles. The average Bonchev–Trinajstić information content (AvgIpc) is 3.50. The number of hydrogen-bond acceptors (Lipinski definition) is 2. The van der Waals surface area contributed by atoms with E-state index in [-0.39, 0.29) is 53.7 Å². The van der Waals surface area contributed by atoms with Crippen LogP contribution in [0, 0.1) is 12.4 Å². The molecule has 0 saturated carbocycles. The topological polar surface area (TPSA) is 35.6 Å². The number of rotatable bonds is 4. The van der Waals surface area contributed by atoms with Crippen LogP contribution in [0.2, 0.25) is 0 Å². The Morgan fingerprint density at radius 2 is 0.881 bits per heavy atom. The van der Waals surface area contributed by atoms with Crippen LogP contribution in [0.15, 0.2) is 48.5 Å². The van der Waals surface area contributed by atoms with Crippen LogP contribution in [0.5, 0.6) is 0 Å². The second-order valence-corrected chi connectivity index (χ2v) is 9.16. The molecule has 0 radical (unpaired) electrons. The summed E-state index contributed by atoms with van der Waals surface area (Å²) in [6, 6.07) is 6.63. The molecule has 0 amide bonds. The van der Waals surface area contributed by atoms with Crippen molar-refractivity contribution < 1.29 is 73.8 Å². The van der Waals surface area contributed by atoms with Gasteiger partial charge in [-0.1, -0.05) is 36.7 Å². The number of alkyl halides is 12. The maximum atomic E-state index is 13.5. The molecule has 17 heteroatoms. The van der Waals surface area contributed by atoms with E-state index in [9.17, 15) is 52.7 Å². The van der Waals surface area contributed by atoms with Gasteiger partial charge in [0.1, 0.15) is 0 Å². The van der Waals surface area contributed by atoms with Crippen LogP contribution in [0.4, 0.5) is 52.7 Å². The first-order chi connectivity index (χ1) is 18.6. The SMILES string of the molecule is CC(C)(c1cccc(-n2[c-]c(C(F)(F)F)cc2C(F)(F)F)n1)c1cccc(-n2[c-]c(C(F)(F)F)cc2C(F)(F)F)n1.[Pt+2]. The zero-order valence-corrected chi connectivity index (χ0v) is 23.0. The molecular formula is C25H14F12N4Pt. The molecule has 0 aliphatic heterocycles. The summed E-state index contributed by atoms with van der Waals surface area (Å²) < 4.78 is 160. The van der Waals surface area contributed by atoms with Gasteiger partial charge in [0.15, 0.2) is 0 Å². The van der Waals surface area contributed by atoms with E-state index in [1.54, 1.807) is 12.4 Å². The normalized spacial score (nSPS) is 13.3. The van der Waals surface area contributed by atoms with Gasteiger partial charge in [0.25, 0.3) is 0 Å². The number of hydrogen-bond donors (Lipinski definition) is 0. The van der Waals surface area contributed by atoms with E-state index in [1.807, 2.05) is 0 Å². The van der Waals surface area contributed by atoms with E-state index in [0.29, 0.717) is 0 Å². The van der Waals surface area contributed by atoms with Crippen molar-refractivity contribution in [2.24, 2.45) is 0 Å². The first-order valence-electron chi connectivity index (χ1n) is 11.1. The van der Waals surface area contributed by atoms with Crippen molar-refractivity contribution in [1.82, 2.24) is 19.1 Å². The standard InChI is InChI=1S/C25H14F12N4.Pt/c1-21(2,15-5-3-7-19(38-15)40-11-13(22(26,27)28)9-17(40)24(32,33)34)16-6-4-8-20(39-16)41-12-14(23(29,30)31)10-18(41)25(35,36)37;/h3-10H,1-2H3;/q-2;+2. The number of halogens is 12. The van der Waals surface area contributed by atoms with Crippen LogP contribution in [0.1, 0.15) is 47.8 Å². The number of aromatic nitrogens is 4. The summed E-state index contributed by atoms with van der Waals surface area (Å²) in [7, 11) is 0. The molecule has 0 unspecified atom stereocenters. The van der Waals surface area contributed by atoms with Gasteiger partial charge < -0.3 is 9.13 Å². The van der Waals surface area contributed by atoms with Crippen molar-refractivity contribution in [3.63, 3.8) is 0 Å².